The van der Waals surface area contributed by atoms with Crippen LogP contribution >= 0.6 is 0 Å². The fraction of sp³-hybridized carbons (Fsp3) is 0.857. The number of carboxylic acids is 1. The predicted molar refractivity (Wildman–Crippen MR) is 74.1 cm³/mol. The Morgan fingerprint density at radius 1 is 1.16 bits per heavy atom. The SMILES string of the molecule is CC(C)CN(CC(C)(C)C(=O)O)C(=O)OC(C)(C)C. The van der Waals surface area contributed by atoms with Gasteiger partial charge in [-0.1, -0.05) is 13.8 Å². The number of aliphatic carboxylic acids is 1. The smallest absolute Gasteiger partial charge is 0.410 e. The summed E-state index contributed by atoms with van der Waals surface area (Å²) in [7, 11) is 0. The third-order valence-electron chi connectivity index (χ3n) is 2.40. The van der Waals surface area contributed by atoms with Crippen LogP contribution < -0.4 is 0 Å². The van der Waals surface area contributed by atoms with E-state index >= 15 is 0 Å². The number of ether oxygens (including phenoxy) is 1. The minimum Gasteiger partial charge on any atom is -0.481 e. The topological polar surface area (TPSA) is 66.8 Å². The van der Waals surface area contributed by atoms with E-state index in [-0.39, 0.29) is 12.5 Å². The van der Waals surface area contributed by atoms with Gasteiger partial charge in [-0.15, -0.1) is 0 Å². The molecule has 0 aromatic heterocycles. The van der Waals surface area contributed by atoms with Crippen LogP contribution in [0.1, 0.15) is 48.5 Å². The molecule has 0 spiro atoms. The predicted octanol–water partition coefficient (Wildman–Crippen LogP) is 2.99. The second-order valence-electron chi connectivity index (χ2n) is 6.94. The molecule has 0 aromatic carbocycles. The van der Waals surface area contributed by atoms with Crippen molar-refractivity contribution < 1.29 is 19.4 Å². The molecule has 5 heteroatoms. The number of hydrogen-bond donors (Lipinski definition) is 1. The van der Waals surface area contributed by atoms with Gasteiger partial charge in [-0.05, 0) is 40.5 Å². The molecule has 0 radical (unpaired) electrons. The lowest BCUT2D eigenvalue weighted by molar-refractivity contribution is -0.147. The highest BCUT2D eigenvalue weighted by Gasteiger charge is 2.33. The van der Waals surface area contributed by atoms with Gasteiger partial charge in [0.25, 0.3) is 0 Å². The van der Waals surface area contributed by atoms with Crippen molar-refractivity contribution in [3.63, 3.8) is 0 Å². The highest BCUT2D eigenvalue weighted by atomic mass is 16.6. The molecule has 0 unspecified atom stereocenters. The fourth-order valence-corrected chi connectivity index (χ4v) is 1.52. The number of carbonyl (C=O) groups excluding carboxylic acids is 1. The number of carbonyl (C=O) groups is 2. The molecule has 0 atom stereocenters. The Bertz CT molecular complexity index is 329. The van der Waals surface area contributed by atoms with Crippen molar-refractivity contribution in [1.29, 1.82) is 0 Å². The van der Waals surface area contributed by atoms with Gasteiger partial charge in [-0.25, -0.2) is 4.79 Å². The van der Waals surface area contributed by atoms with E-state index in [2.05, 4.69) is 0 Å². The summed E-state index contributed by atoms with van der Waals surface area (Å²) in [5.41, 5.74) is -1.58. The Morgan fingerprint density at radius 3 is 1.95 bits per heavy atom. The first-order valence-corrected chi connectivity index (χ1v) is 6.56. The standard InChI is InChI=1S/C14H27NO4/c1-10(2)8-15(9-14(6,7)11(16)17)12(18)19-13(3,4)5/h10H,8-9H2,1-7H3,(H,16,17). The largest absolute Gasteiger partial charge is 0.481 e. The van der Waals surface area contributed by atoms with Gasteiger partial charge in [-0.3, -0.25) is 4.79 Å². The molecule has 0 aliphatic heterocycles. The second kappa shape index (κ2) is 6.26. The van der Waals surface area contributed by atoms with E-state index in [4.69, 9.17) is 9.84 Å². The quantitative estimate of drug-likeness (QED) is 0.836. The third kappa shape index (κ3) is 7.03. The highest BCUT2D eigenvalue weighted by Crippen LogP contribution is 2.20. The van der Waals surface area contributed by atoms with Crippen LogP contribution in [0.3, 0.4) is 0 Å². The molecule has 0 heterocycles. The zero-order valence-electron chi connectivity index (χ0n) is 13.1. The molecule has 112 valence electrons. The Morgan fingerprint density at radius 2 is 1.63 bits per heavy atom. The van der Waals surface area contributed by atoms with Crippen molar-refractivity contribution in [2.24, 2.45) is 11.3 Å². The molecule has 1 N–H and O–H groups in total. The van der Waals surface area contributed by atoms with Gasteiger partial charge < -0.3 is 14.7 Å². The zero-order chi connectivity index (χ0) is 15.4. The maximum absolute atomic E-state index is 12.1. The summed E-state index contributed by atoms with van der Waals surface area (Å²) in [5.74, 6) is -0.679. The molecule has 0 aliphatic rings. The minimum absolute atomic E-state index is 0.134. The molecular formula is C14H27NO4. The molecule has 0 bridgehead atoms. The first-order chi connectivity index (χ1) is 8.35. The molecule has 0 rings (SSSR count). The number of hydrogen-bond acceptors (Lipinski definition) is 3. The van der Waals surface area contributed by atoms with Crippen LogP contribution in [-0.2, 0) is 9.53 Å². The van der Waals surface area contributed by atoms with Crippen LogP contribution in [0.25, 0.3) is 0 Å². The van der Waals surface area contributed by atoms with Crippen molar-refractivity contribution in [2.75, 3.05) is 13.1 Å². The highest BCUT2D eigenvalue weighted by molar-refractivity contribution is 5.75. The lowest BCUT2D eigenvalue weighted by atomic mass is 9.93. The normalized spacial score (nSPS) is 12.4. The minimum atomic E-state index is -0.994. The third-order valence-corrected chi connectivity index (χ3v) is 2.40. The van der Waals surface area contributed by atoms with Gasteiger partial charge in [-0.2, -0.15) is 0 Å². The number of amides is 1. The molecule has 1 amide bonds. The van der Waals surface area contributed by atoms with Gasteiger partial charge >= 0.3 is 12.1 Å². The number of carboxylic acid groups (broad SMARTS) is 1. The average molecular weight is 273 g/mol. The van der Waals surface area contributed by atoms with E-state index in [0.29, 0.717) is 6.54 Å². The average Bonchev–Trinajstić information content (AvgIpc) is 2.12. The van der Waals surface area contributed by atoms with Gasteiger partial charge in [0.1, 0.15) is 5.60 Å². The van der Waals surface area contributed by atoms with Crippen molar-refractivity contribution in [1.82, 2.24) is 4.90 Å². The van der Waals surface area contributed by atoms with E-state index in [0.717, 1.165) is 0 Å². The summed E-state index contributed by atoms with van der Waals surface area (Å²) >= 11 is 0. The van der Waals surface area contributed by atoms with Crippen LogP contribution in [0.15, 0.2) is 0 Å². The van der Waals surface area contributed by atoms with Gasteiger partial charge in [0.15, 0.2) is 0 Å². The maximum Gasteiger partial charge on any atom is 0.410 e. The Kier molecular flexibility index (Phi) is 5.84. The van der Waals surface area contributed by atoms with Crippen LogP contribution in [0.2, 0.25) is 0 Å². The summed E-state index contributed by atoms with van der Waals surface area (Å²) < 4.78 is 5.32. The lowest BCUT2D eigenvalue weighted by Gasteiger charge is -2.32. The number of rotatable bonds is 5. The zero-order valence-corrected chi connectivity index (χ0v) is 13.1. The van der Waals surface area contributed by atoms with Gasteiger partial charge in [0.05, 0.1) is 5.41 Å². The summed E-state index contributed by atoms with van der Waals surface area (Å²) in [6.07, 6.45) is -0.462. The molecular weight excluding hydrogens is 246 g/mol. The Hall–Kier alpha value is -1.26. The van der Waals surface area contributed by atoms with Crippen molar-refractivity contribution >= 4 is 12.1 Å². The van der Waals surface area contributed by atoms with E-state index < -0.39 is 23.1 Å². The van der Waals surface area contributed by atoms with Crippen molar-refractivity contribution in [2.45, 2.75) is 54.1 Å². The van der Waals surface area contributed by atoms with E-state index in [1.165, 1.54) is 4.90 Å². The monoisotopic (exact) mass is 273 g/mol. The Labute approximate surface area is 115 Å². The first kappa shape index (κ1) is 17.7. The maximum atomic E-state index is 12.1. The van der Waals surface area contributed by atoms with Crippen LogP contribution in [0, 0.1) is 11.3 Å². The van der Waals surface area contributed by atoms with Crippen LogP contribution in [0.4, 0.5) is 4.79 Å². The van der Waals surface area contributed by atoms with Gasteiger partial charge in [0, 0.05) is 13.1 Å². The fourth-order valence-electron chi connectivity index (χ4n) is 1.52. The van der Waals surface area contributed by atoms with Crippen molar-refractivity contribution in [3.8, 4) is 0 Å². The molecule has 19 heavy (non-hydrogen) atoms. The van der Waals surface area contributed by atoms with Crippen LogP contribution in [0.5, 0.6) is 0 Å². The summed E-state index contributed by atoms with van der Waals surface area (Å²) in [5, 5.41) is 9.16. The Balaban J connectivity index is 4.92. The molecule has 0 saturated carbocycles. The van der Waals surface area contributed by atoms with Crippen molar-refractivity contribution in [3.05, 3.63) is 0 Å². The van der Waals surface area contributed by atoms with Crippen LogP contribution in [-0.4, -0.2) is 40.8 Å². The first-order valence-electron chi connectivity index (χ1n) is 6.56. The molecule has 5 nitrogen and oxygen atoms in total. The number of nitrogens with zero attached hydrogens (tertiary/aromatic N) is 1. The molecule has 0 aromatic rings. The molecule has 0 saturated heterocycles. The summed E-state index contributed by atoms with van der Waals surface area (Å²) in [6.45, 7) is 13.2. The summed E-state index contributed by atoms with van der Waals surface area (Å²) in [4.78, 5) is 24.8. The molecule has 0 fully saturated rings. The van der Waals surface area contributed by atoms with Gasteiger partial charge in [0.2, 0.25) is 0 Å². The summed E-state index contributed by atoms with van der Waals surface area (Å²) in [6, 6.07) is 0. The lowest BCUT2D eigenvalue weighted by Crippen LogP contribution is -2.46. The van der Waals surface area contributed by atoms with E-state index in [9.17, 15) is 9.59 Å². The van der Waals surface area contributed by atoms with E-state index in [1.807, 2.05) is 13.8 Å². The molecule has 0 aliphatic carbocycles. The second-order valence-corrected chi connectivity index (χ2v) is 6.94. The van der Waals surface area contributed by atoms with E-state index in [1.54, 1.807) is 34.6 Å².